The van der Waals surface area contributed by atoms with Crippen molar-refractivity contribution in [2.24, 2.45) is 0 Å². The van der Waals surface area contributed by atoms with Crippen LogP contribution in [-0.4, -0.2) is 22.1 Å². The van der Waals surface area contributed by atoms with E-state index in [-0.39, 0.29) is 22.6 Å². The van der Waals surface area contributed by atoms with Gasteiger partial charge in [0.1, 0.15) is 17.1 Å². The Morgan fingerprint density at radius 1 is 1.37 bits per heavy atom. The number of halogens is 1. The van der Waals surface area contributed by atoms with Crippen molar-refractivity contribution in [3.05, 3.63) is 47.1 Å². The Hall–Kier alpha value is -2.70. The average molecular weight is 264 g/mol. The van der Waals surface area contributed by atoms with Gasteiger partial charge in [0, 0.05) is 0 Å². The molecular formula is C12H9FN2O4. The third kappa shape index (κ3) is 2.59. The molecule has 0 aliphatic heterocycles. The molecule has 0 radical (unpaired) electrons. The Balaban J connectivity index is 2.33. The van der Waals surface area contributed by atoms with Crippen LogP contribution in [0.1, 0.15) is 26.5 Å². The van der Waals surface area contributed by atoms with Crippen LogP contribution in [0.4, 0.5) is 10.1 Å². The molecule has 0 aliphatic carbocycles. The van der Waals surface area contributed by atoms with E-state index >= 15 is 0 Å². The number of carbonyl (C=O) groups excluding carboxylic acids is 1. The number of carbonyl (C=O) groups is 2. The molecule has 2 aromatic rings. The minimum absolute atomic E-state index is 0.127. The van der Waals surface area contributed by atoms with Crippen LogP contribution in [0.25, 0.3) is 0 Å². The second-order valence-corrected chi connectivity index (χ2v) is 3.74. The van der Waals surface area contributed by atoms with E-state index in [2.05, 4.69) is 10.5 Å². The van der Waals surface area contributed by atoms with Crippen molar-refractivity contribution in [3.8, 4) is 0 Å². The van der Waals surface area contributed by atoms with Crippen molar-refractivity contribution < 1.29 is 23.6 Å². The third-order valence-electron chi connectivity index (χ3n) is 2.46. The monoisotopic (exact) mass is 264 g/mol. The summed E-state index contributed by atoms with van der Waals surface area (Å²) >= 11 is 0. The smallest absolute Gasteiger partial charge is 0.337 e. The average Bonchev–Trinajstić information content (AvgIpc) is 2.75. The number of anilines is 1. The molecule has 1 heterocycles. The standard InChI is InChI=1S/C12H9FN2O4/c1-6-9(5-14-19-6)11(16)15-10-4-7(13)2-3-8(10)12(17)18/h2-5H,1H3,(H,15,16)(H,17,18). The van der Waals surface area contributed by atoms with Gasteiger partial charge in [-0.05, 0) is 25.1 Å². The molecule has 0 bridgehead atoms. The van der Waals surface area contributed by atoms with Gasteiger partial charge in [0.2, 0.25) is 0 Å². The summed E-state index contributed by atoms with van der Waals surface area (Å²) in [6.07, 6.45) is 1.20. The predicted octanol–water partition coefficient (Wildman–Crippen LogP) is 2.07. The predicted molar refractivity (Wildman–Crippen MR) is 62.6 cm³/mol. The van der Waals surface area contributed by atoms with Gasteiger partial charge in [0.15, 0.2) is 0 Å². The number of nitrogens with one attached hydrogen (secondary N) is 1. The summed E-state index contributed by atoms with van der Waals surface area (Å²) in [6.45, 7) is 1.53. The molecule has 7 heteroatoms. The van der Waals surface area contributed by atoms with Crippen LogP contribution in [0.3, 0.4) is 0 Å². The summed E-state index contributed by atoms with van der Waals surface area (Å²) in [5, 5.41) is 14.7. The van der Waals surface area contributed by atoms with Crippen molar-refractivity contribution in [1.29, 1.82) is 0 Å². The number of aromatic nitrogens is 1. The number of benzene rings is 1. The maximum atomic E-state index is 13.1. The van der Waals surface area contributed by atoms with Gasteiger partial charge in [-0.25, -0.2) is 9.18 Å². The molecule has 0 aliphatic rings. The van der Waals surface area contributed by atoms with Gasteiger partial charge in [-0.2, -0.15) is 0 Å². The lowest BCUT2D eigenvalue weighted by Crippen LogP contribution is -2.15. The fraction of sp³-hybridized carbons (Fsp3) is 0.0833. The van der Waals surface area contributed by atoms with E-state index in [1.54, 1.807) is 0 Å². The first-order valence-electron chi connectivity index (χ1n) is 5.24. The largest absolute Gasteiger partial charge is 0.478 e. The first-order valence-corrected chi connectivity index (χ1v) is 5.24. The molecule has 1 aromatic heterocycles. The Bertz CT molecular complexity index is 651. The van der Waals surface area contributed by atoms with Crippen LogP contribution in [0, 0.1) is 12.7 Å². The Kier molecular flexibility index (Phi) is 3.28. The second kappa shape index (κ2) is 4.89. The summed E-state index contributed by atoms with van der Waals surface area (Å²) < 4.78 is 17.8. The van der Waals surface area contributed by atoms with Crippen LogP contribution >= 0.6 is 0 Å². The normalized spacial score (nSPS) is 10.2. The zero-order valence-corrected chi connectivity index (χ0v) is 9.81. The molecule has 6 nitrogen and oxygen atoms in total. The zero-order chi connectivity index (χ0) is 14.0. The molecule has 0 unspecified atom stereocenters. The first-order chi connectivity index (χ1) is 8.99. The third-order valence-corrected chi connectivity index (χ3v) is 2.46. The molecule has 0 saturated heterocycles. The number of rotatable bonds is 3. The maximum Gasteiger partial charge on any atom is 0.337 e. The highest BCUT2D eigenvalue weighted by atomic mass is 19.1. The van der Waals surface area contributed by atoms with Gasteiger partial charge < -0.3 is 14.9 Å². The van der Waals surface area contributed by atoms with Crippen LogP contribution in [-0.2, 0) is 0 Å². The lowest BCUT2D eigenvalue weighted by atomic mass is 10.1. The van der Waals surface area contributed by atoms with E-state index in [1.165, 1.54) is 13.1 Å². The van der Waals surface area contributed by atoms with E-state index in [4.69, 9.17) is 9.63 Å². The van der Waals surface area contributed by atoms with E-state index in [9.17, 15) is 14.0 Å². The van der Waals surface area contributed by atoms with E-state index in [1.807, 2.05) is 0 Å². The molecule has 1 amide bonds. The lowest BCUT2D eigenvalue weighted by molar-refractivity contribution is 0.0698. The molecule has 0 fully saturated rings. The van der Waals surface area contributed by atoms with Crippen LogP contribution in [0.15, 0.2) is 28.9 Å². The molecule has 0 spiro atoms. The highest BCUT2D eigenvalue weighted by Gasteiger charge is 2.17. The van der Waals surface area contributed by atoms with Crippen molar-refractivity contribution in [2.45, 2.75) is 6.92 Å². The van der Waals surface area contributed by atoms with Gasteiger partial charge in [-0.1, -0.05) is 5.16 Å². The highest BCUT2D eigenvalue weighted by molar-refractivity contribution is 6.08. The topological polar surface area (TPSA) is 92.4 Å². The molecule has 0 saturated carbocycles. The van der Waals surface area contributed by atoms with Crippen molar-refractivity contribution in [2.75, 3.05) is 5.32 Å². The lowest BCUT2D eigenvalue weighted by Gasteiger charge is -2.07. The molecule has 2 N–H and O–H groups in total. The molecule has 1 aromatic carbocycles. The van der Waals surface area contributed by atoms with E-state index < -0.39 is 17.7 Å². The molecule has 98 valence electrons. The first kappa shape index (κ1) is 12.7. The minimum Gasteiger partial charge on any atom is -0.478 e. The summed E-state index contributed by atoms with van der Waals surface area (Å²) in [6, 6.07) is 3.02. The summed E-state index contributed by atoms with van der Waals surface area (Å²) in [4.78, 5) is 22.8. The fourth-order valence-electron chi connectivity index (χ4n) is 1.51. The Morgan fingerprint density at radius 2 is 2.11 bits per heavy atom. The van der Waals surface area contributed by atoms with Crippen molar-refractivity contribution in [1.82, 2.24) is 5.16 Å². The van der Waals surface area contributed by atoms with Gasteiger partial charge in [0.25, 0.3) is 5.91 Å². The van der Waals surface area contributed by atoms with Gasteiger partial charge in [0.05, 0.1) is 17.4 Å². The van der Waals surface area contributed by atoms with Crippen LogP contribution < -0.4 is 5.32 Å². The van der Waals surface area contributed by atoms with E-state index in [0.29, 0.717) is 0 Å². The quantitative estimate of drug-likeness (QED) is 0.885. The van der Waals surface area contributed by atoms with Crippen molar-refractivity contribution in [3.63, 3.8) is 0 Å². The summed E-state index contributed by atoms with van der Waals surface area (Å²) in [5.74, 6) is -2.25. The number of amides is 1. The Labute approximate surface area is 106 Å². The second-order valence-electron chi connectivity index (χ2n) is 3.74. The minimum atomic E-state index is -1.27. The number of aromatic carboxylic acids is 1. The molecule has 2 rings (SSSR count). The van der Waals surface area contributed by atoms with Gasteiger partial charge >= 0.3 is 5.97 Å². The Morgan fingerprint density at radius 3 is 2.68 bits per heavy atom. The summed E-state index contributed by atoms with van der Waals surface area (Å²) in [5.41, 5.74) is -0.178. The highest BCUT2D eigenvalue weighted by Crippen LogP contribution is 2.19. The zero-order valence-electron chi connectivity index (χ0n) is 9.81. The number of nitrogens with zero attached hydrogens (tertiary/aromatic N) is 1. The van der Waals surface area contributed by atoms with Crippen LogP contribution in [0.2, 0.25) is 0 Å². The maximum absolute atomic E-state index is 13.1. The number of aryl methyl sites for hydroxylation is 1. The molecular weight excluding hydrogens is 255 g/mol. The molecule has 19 heavy (non-hydrogen) atoms. The molecule has 0 atom stereocenters. The van der Waals surface area contributed by atoms with Crippen molar-refractivity contribution >= 4 is 17.6 Å². The van der Waals surface area contributed by atoms with Gasteiger partial charge in [-0.3, -0.25) is 4.79 Å². The number of carboxylic acid groups (broad SMARTS) is 1. The van der Waals surface area contributed by atoms with E-state index in [0.717, 1.165) is 18.2 Å². The fourth-order valence-corrected chi connectivity index (χ4v) is 1.51. The number of hydrogen-bond donors (Lipinski definition) is 2. The number of carboxylic acids is 1. The summed E-state index contributed by atoms with van der Waals surface area (Å²) in [7, 11) is 0. The van der Waals surface area contributed by atoms with Crippen LogP contribution in [0.5, 0.6) is 0 Å². The number of hydrogen-bond acceptors (Lipinski definition) is 4. The van der Waals surface area contributed by atoms with Gasteiger partial charge in [-0.15, -0.1) is 0 Å². The SMILES string of the molecule is Cc1oncc1C(=O)Nc1cc(F)ccc1C(=O)O.